The zero-order valence-corrected chi connectivity index (χ0v) is 17.2. The molecule has 6 heteroatoms. The Kier molecular flexibility index (Phi) is 16.2. The topological polar surface area (TPSA) is 75.6 Å². The summed E-state index contributed by atoms with van der Waals surface area (Å²) in [7, 11) is 4.23. The van der Waals surface area contributed by atoms with Crippen LogP contribution in [-0.2, 0) is 0 Å². The van der Waals surface area contributed by atoms with Crippen molar-refractivity contribution in [3.8, 4) is 0 Å². The lowest BCUT2D eigenvalue weighted by molar-refractivity contribution is -0.384. The minimum absolute atomic E-state index is 0.155. The van der Waals surface area contributed by atoms with Crippen molar-refractivity contribution in [2.75, 3.05) is 38.6 Å². The molecule has 6 nitrogen and oxygen atoms in total. The van der Waals surface area contributed by atoms with Gasteiger partial charge in [0.2, 0.25) is 0 Å². The van der Waals surface area contributed by atoms with Gasteiger partial charge in [-0.25, -0.2) is 0 Å². The van der Waals surface area contributed by atoms with Crippen LogP contribution < -0.4 is 10.6 Å². The van der Waals surface area contributed by atoms with Crippen molar-refractivity contribution < 1.29 is 4.92 Å². The number of piperidine rings is 1. The minimum Gasteiger partial charge on any atom is -0.371 e. The van der Waals surface area contributed by atoms with Crippen LogP contribution in [0, 0.1) is 10.1 Å². The van der Waals surface area contributed by atoms with Gasteiger partial charge in [0.1, 0.15) is 0 Å². The first-order valence-corrected chi connectivity index (χ1v) is 9.35. The van der Waals surface area contributed by atoms with Gasteiger partial charge in [0, 0.05) is 37.0 Å². The molecule has 0 bridgehead atoms. The lowest BCUT2D eigenvalue weighted by Gasteiger charge is -2.36. The fourth-order valence-electron chi connectivity index (χ4n) is 2.43. The van der Waals surface area contributed by atoms with Gasteiger partial charge in [-0.1, -0.05) is 34.6 Å². The third-order valence-corrected chi connectivity index (χ3v) is 3.62. The molecule has 0 spiro atoms. The van der Waals surface area contributed by atoms with E-state index >= 15 is 0 Å². The second-order valence-electron chi connectivity index (χ2n) is 5.36. The summed E-state index contributed by atoms with van der Waals surface area (Å²) >= 11 is 0. The molecule has 1 aromatic carbocycles. The highest BCUT2D eigenvalue weighted by molar-refractivity contribution is 5.51. The quantitative estimate of drug-likeness (QED) is 0.652. The molecule has 1 aliphatic rings. The molecule has 2 N–H and O–H groups in total. The Morgan fingerprint density at radius 2 is 1.52 bits per heavy atom. The van der Waals surface area contributed by atoms with E-state index in [-0.39, 0.29) is 10.6 Å². The van der Waals surface area contributed by atoms with Crippen LogP contribution in [-0.4, -0.2) is 49.6 Å². The molecular weight excluding hydrogens is 316 g/mol. The maximum Gasteiger partial charge on any atom is 0.269 e. The van der Waals surface area contributed by atoms with Crippen molar-refractivity contribution >= 4 is 11.4 Å². The van der Waals surface area contributed by atoms with E-state index in [1.807, 2.05) is 46.8 Å². The minimum atomic E-state index is -0.359. The average molecular weight is 355 g/mol. The number of rotatable bonds is 3. The van der Waals surface area contributed by atoms with E-state index in [9.17, 15) is 10.1 Å². The molecule has 0 radical (unpaired) electrons. The highest BCUT2D eigenvalue weighted by Crippen LogP contribution is 2.23. The lowest BCUT2D eigenvalue weighted by atomic mass is 10.0. The first-order valence-electron chi connectivity index (χ1n) is 9.35. The Morgan fingerprint density at radius 1 is 1.12 bits per heavy atom. The van der Waals surface area contributed by atoms with Gasteiger partial charge in [-0.3, -0.25) is 10.1 Å². The van der Waals surface area contributed by atoms with Crippen molar-refractivity contribution in [1.29, 1.82) is 0 Å². The van der Waals surface area contributed by atoms with Crippen molar-refractivity contribution in [2.45, 2.75) is 53.5 Å². The van der Waals surface area contributed by atoms with Crippen LogP contribution in [0.1, 0.15) is 47.5 Å². The van der Waals surface area contributed by atoms with E-state index in [1.165, 1.54) is 0 Å². The number of hydrogen-bond donors (Lipinski definition) is 1. The van der Waals surface area contributed by atoms with Crippen LogP contribution in [0.4, 0.5) is 11.4 Å². The van der Waals surface area contributed by atoms with E-state index < -0.39 is 0 Å². The van der Waals surface area contributed by atoms with E-state index in [2.05, 4.69) is 23.9 Å². The van der Waals surface area contributed by atoms with Gasteiger partial charge in [0.15, 0.2) is 0 Å². The van der Waals surface area contributed by atoms with Crippen molar-refractivity contribution in [3.63, 3.8) is 0 Å². The zero-order valence-electron chi connectivity index (χ0n) is 17.2. The van der Waals surface area contributed by atoms with Crippen molar-refractivity contribution in [1.82, 2.24) is 4.90 Å². The molecule has 0 aromatic heterocycles. The Morgan fingerprint density at radius 3 is 1.84 bits per heavy atom. The van der Waals surface area contributed by atoms with E-state index in [4.69, 9.17) is 5.73 Å². The van der Waals surface area contributed by atoms with Crippen LogP contribution in [0.2, 0.25) is 0 Å². The third-order valence-electron chi connectivity index (χ3n) is 3.62. The molecule has 25 heavy (non-hydrogen) atoms. The Balaban J connectivity index is 0. The zero-order chi connectivity index (χ0) is 19.8. The summed E-state index contributed by atoms with van der Waals surface area (Å²) in [6.07, 6.45) is 2.29. The third kappa shape index (κ3) is 10.0. The molecule has 1 aromatic rings. The van der Waals surface area contributed by atoms with Crippen LogP contribution in [0.15, 0.2) is 24.3 Å². The fourth-order valence-corrected chi connectivity index (χ4v) is 2.43. The molecule has 1 heterocycles. The predicted molar refractivity (Wildman–Crippen MR) is 109 cm³/mol. The van der Waals surface area contributed by atoms with Crippen LogP contribution in [0.3, 0.4) is 0 Å². The number of non-ortho nitro benzene ring substituents is 1. The standard InChI is InChI=1S/C13H19N3O2.C2H7N.2C2H6/c1-14(2)11-7-9-15(10-8-11)12-3-5-13(6-4-12)16(17)18;1-2-3;2*1-2/h3-6,11H,7-10H2,1-2H3;2-3H2,1H3;2*1-2H3. The lowest BCUT2D eigenvalue weighted by Crippen LogP contribution is -2.41. The molecule has 1 aliphatic heterocycles. The Bertz CT molecular complexity index is 428. The molecule has 146 valence electrons. The molecular formula is C19H38N4O2. The summed E-state index contributed by atoms with van der Waals surface area (Å²) in [6.45, 7) is 12.7. The molecule has 0 atom stereocenters. The number of hydrogen-bond acceptors (Lipinski definition) is 5. The highest BCUT2D eigenvalue weighted by Gasteiger charge is 2.20. The monoisotopic (exact) mass is 354 g/mol. The maximum atomic E-state index is 10.6. The number of benzene rings is 1. The highest BCUT2D eigenvalue weighted by atomic mass is 16.6. The molecule has 1 saturated heterocycles. The molecule has 2 rings (SSSR count). The number of nitrogens with two attached hydrogens (primary N) is 1. The molecule has 1 fully saturated rings. The maximum absolute atomic E-state index is 10.6. The van der Waals surface area contributed by atoms with Gasteiger partial charge < -0.3 is 15.5 Å². The van der Waals surface area contributed by atoms with Gasteiger partial charge >= 0.3 is 0 Å². The number of nitrogens with zero attached hydrogens (tertiary/aromatic N) is 3. The van der Waals surface area contributed by atoms with Gasteiger partial charge in [-0.15, -0.1) is 0 Å². The van der Waals surface area contributed by atoms with E-state index in [0.717, 1.165) is 38.2 Å². The smallest absolute Gasteiger partial charge is 0.269 e. The molecule has 0 unspecified atom stereocenters. The summed E-state index contributed by atoms with van der Waals surface area (Å²) in [5.74, 6) is 0. The van der Waals surface area contributed by atoms with E-state index in [0.29, 0.717) is 6.04 Å². The van der Waals surface area contributed by atoms with Crippen LogP contribution >= 0.6 is 0 Å². The summed E-state index contributed by atoms with van der Waals surface area (Å²) < 4.78 is 0. The van der Waals surface area contributed by atoms with Crippen molar-refractivity contribution in [3.05, 3.63) is 34.4 Å². The van der Waals surface area contributed by atoms with Gasteiger partial charge in [0.05, 0.1) is 4.92 Å². The second-order valence-corrected chi connectivity index (χ2v) is 5.36. The summed E-state index contributed by atoms with van der Waals surface area (Å²) in [5.41, 5.74) is 6.08. The van der Waals surface area contributed by atoms with Crippen molar-refractivity contribution in [2.24, 2.45) is 5.73 Å². The predicted octanol–water partition coefficient (Wildman–Crippen LogP) is 4.14. The largest absolute Gasteiger partial charge is 0.371 e. The van der Waals surface area contributed by atoms with Crippen LogP contribution in [0.25, 0.3) is 0 Å². The molecule has 0 saturated carbocycles. The number of nitro benzene ring substituents is 1. The Hall–Kier alpha value is -1.66. The van der Waals surface area contributed by atoms with E-state index in [1.54, 1.807) is 12.1 Å². The summed E-state index contributed by atoms with van der Waals surface area (Å²) in [6, 6.07) is 7.49. The van der Waals surface area contributed by atoms with Gasteiger partial charge in [0.25, 0.3) is 5.69 Å². The first kappa shape index (κ1) is 25.6. The summed E-state index contributed by atoms with van der Waals surface area (Å²) in [5, 5.41) is 10.6. The normalized spacial score (nSPS) is 13.6. The number of nitro groups is 1. The second kappa shape index (κ2) is 15.8. The van der Waals surface area contributed by atoms with Gasteiger partial charge in [-0.2, -0.15) is 0 Å². The molecule has 0 aliphatic carbocycles. The number of anilines is 1. The van der Waals surface area contributed by atoms with Crippen LogP contribution in [0.5, 0.6) is 0 Å². The average Bonchev–Trinajstić information content (AvgIpc) is 2.66. The summed E-state index contributed by atoms with van der Waals surface area (Å²) in [4.78, 5) is 14.8. The Labute approximate surface area is 154 Å². The van der Waals surface area contributed by atoms with Gasteiger partial charge in [-0.05, 0) is 45.6 Å². The first-order chi connectivity index (χ1) is 12.0. The molecule has 0 amide bonds. The fraction of sp³-hybridized carbons (Fsp3) is 0.684. The SMILES string of the molecule is CC.CC.CCN.CN(C)C1CCN(c2ccc([N+](=O)[O-])cc2)CC1.